The average Bonchev–Trinajstić information content (AvgIpc) is 3.65. The van der Waals surface area contributed by atoms with Crippen LogP contribution in [0.5, 0.6) is 0 Å². The first kappa shape index (κ1) is 27.4. The van der Waals surface area contributed by atoms with Crippen molar-refractivity contribution in [2.24, 2.45) is 11.8 Å². The Labute approximate surface area is 218 Å². The number of nitrogens with one attached hydrogen (secondary N) is 3. The molecule has 0 spiro atoms. The molecule has 1 aliphatic carbocycles. The minimum atomic E-state index is -3.52. The van der Waals surface area contributed by atoms with E-state index in [2.05, 4.69) is 20.3 Å². The Kier molecular flexibility index (Phi) is 9.12. The Bertz CT molecular complexity index is 1270. The Hall–Kier alpha value is -2.23. The molecule has 2 fully saturated rings. The van der Waals surface area contributed by atoms with Crippen molar-refractivity contribution < 1.29 is 13.2 Å². The first-order valence-corrected chi connectivity index (χ1v) is 12.9. The number of pyridine rings is 1. The number of benzene rings is 2. The number of hydrogen-bond acceptors (Lipinski definition) is 5. The standard InChI is InChI=1S/C25H28N4O3S.2ClH/c30-25(29-21-4-1-20-16-27-12-9-19(20)13-21)24-14-23(24)18-2-5-22(6-3-18)33(31,32)28-15-17-7-10-26-11-8-17;;/h1-6,9,12-13,16-17,23-24,26,28H,7-8,10-11,14-15H2,(H,29,30);2*1H/t23-,24+;;/m0../s1. The maximum Gasteiger partial charge on any atom is 0.240 e. The Morgan fingerprint density at radius 1 is 1.00 bits per heavy atom. The minimum Gasteiger partial charge on any atom is -0.326 e. The van der Waals surface area contributed by atoms with Crippen molar-refractivity contribution in [3.63, 3.8) is 0 Å². The number of carbonyl (C=O) groups excluding carboxylic acids is 1. The summed E-state index contributed by atoms with van der Waals surface area (Å²) in [6.07, 6.45) is 6.28. The SMILES string of the molecule is Cl.Cl.O=C(Nc1ccc2cnccc2c1)[C@@H]1C[C@H]1c1ccc(S(=O)(=O)NCC2CCNCC2)cc1. The molecule has 2 aromatic carbocycles. The summed E-state index contributed by atoms with van der Waals surface area (Å²) in [4.78, 5) is 17.1. The molecule has 7 nitrogen and oxygen atoms in total. The number of sulfonamides is 1. The third-order valence-electron chi connectivity index (χ3n) is 6.67. The molecule has 10 heteroatoms. The maximum atomic E-state index is 12.7. The van der Waals surface area contributed by atoms with Crippen LogP contribution in [0.3, 0.4) is 0 Å². The van der Waals surface area contributed by atoms with Crippen LogP contribution in [0, 0.1) is 11.8 Å². The van der Waals surface area contributed by atoms with Gasteiger partial charge in [-0.15, -0.1) is 24.8 Å². The lowest BCUT2D eigenvalue weighted by atomic mass is 9.99. The van der Waals surface area contributed by atoms with Gasteiger partial charge in [0.25, 0.3) is 0 Å². The third kappa shape index (κ3) is 6.51. The average molecular weight is 538 g/mol. The van der Waals surface area contributed by atoms with Crippen molar-refractivity contribution in [2.75, 3.05) is 25.0 Å². The van der Waals surface area contributed by atoms with Gasteiger partial charge in [-0.25, -0.2) is 13.1 Å². The van der Waals surface area contributed by atoms with E-state index in [1.807, 2.05) is 36.4 Å². The van der Waals surface area contributed by atoms with Crippen molar-refractivity contribution in [2.45, 2.75) is 30.1 Å². The fraction of sp³-hybridized carbons (Fsp3) is 0.360. The highest BCUT2D eigenvalue weighted by Gasteiger charge is 2.44. The summed E-state index contributed by atoms with van der Waals surface area (Å²) >= 11 is 0. The molecule has 1 aromatic heterocycles. The van der Waals surface area contributed by atoms with Gasteiger partial charge in [0.1, 0.15) is 0 Å². The summed E-state index contributed by atoms with van der Waals surface area (Å²) in [5.41, 5.74) is 1.77. The van der Waals surface area contributed by atoms with Crippen molar-refractivity contribution in [1.82, 2.24) is 15.0 Å². The number of anilines is 1. The lowest BCUT2D eigenvalue weighted by Gasteiger charge is -2.22. The molecule has 1 aliphatic heterocycles. The van der Waals surface area contributed by atoms with Gasteiger partial charge < -0.3 is 10.6 Å². The fourth-order valence-corrected chi connectivity index (χ4v) is 5.66. The van der Waals surface area contributed by atoms with Crippen molar-refractivity contribution in [3.8, 4) is 0 Å². The second kappa shape index (κ2) is 11.7. The topological polar surface area (TPSA) is 100 Å². The number of fused-ring (bicyclic) bond motifs is 1. The molecule has 35 heavy (non-hydrogen) atoms. The van der Waals surface area contributed by atoms with Crippen LogP contribution in [0.15, 0.2) is 65.8 Å². The number of piperidine rings is 1. The van der Waals surface area contributed by atoms with E-state index in [-0.39, 0.29) is 47.5 Å². The highest BCUT2D eigenvalue weighted by Crippen LogP contribution is 2.48. The maximum absolute atomic E-state index is 12.7. The lowest BCUT2D eigenvalue weighted by molar-refractivity contribution is -0.117. The summed E-state index contributed by atoms with van der Waals surface area (Å²) in [5, 5.41) is 8.36. The van der Waals surface area contributed by atoms with Gasteiger partial charge in [0.15, 0.2) is 0 Å². The zero-order valence-corrected chi connectivity index (χ0v) is 21.6. The number of carbonyl (C=O) groups is 1. The second-order valence-corrected chi connectivity index (χ2v) is 10.8. The van der Waals surface area contributed by atoms with Crippen molar-refractivity contribution >= 4 is 57.2 Å². The van der Waals surface area contributed by atoms with E-state index in [0.29, 0.717) is 12.5 Å². The summed E-state index contributed by atoms with van der Waals surface area (Å²) in [7, 11) is -3.52. The first-order chi connectivity index (χ1) is 16.0. The van der Waals surface area contributed by atoms with Crippen LogP contribution >= 0.6 is 24.8 Å². The van der Waals surface area contributed by atoms with E-state index >= 15 is 0 Å². The Morgan fingerprint density at radius 2 is 1.74 bits per heavy atom. The summed E-state index contributed by atoms with van der Waals surface area (Å²) < 4.78 is 28.0. The van der Waals surface area contributed by atoms with Gasteiger partial charge in [0.2, 0.25) is 15.9 Å². The molecule has 3 aromatic rings. The predicted octanol–water partition coefficient (Wildman–Crippen LogP) is 4.10. The van der Waals surface area contributed by atoms with Gasteiger partial charge in [-0.3, -0.25) is 9.78 Å². The number of nitrogens with zero attached hydrogens (tertiary/aromatic N) is 1. The normalized spacial score (nSPS) is 19.9. The number of aromatic nitrogens is 1. The van der Waals surface area contributed by atoms with Crippen LogP contribution in [0.1, 0.15) is 30.7 Å². The van der Waals surface area contributed by atoms with E-state index in [1.165, 1.54) is 0 Å². The van der Waals surface area contributed by atoms with Crippen LogP contribution in [-0.4, -0.2) is 38.9 Å². The smallest absolute Gasteiger partial charge is 0.240 e. The van der Waals surface area contributed by atoms with Gasteiger partial charge in [-0.1, -0.05) is 18.2 Å². The van der Waals surface area contributed by atoms with Gasteiger partial charge in [0.05, 0.1) is 4.90 Å². The number of rotatable bonds is 7. The van der Waals surface area contributed by atoms with Gasteiger partial charge in [-0.05, 0) is 85.5 Å². The second-order valence-electron chi connectivity index (χ2n) is 8.99. The van der Waals surface area contributed by atoms with E-state index < -0.39 is 10.0 Å². The molecular weight excluding hydrogens is 507 g/mol. The van der Waals surface area contributed by atoms with Gasteiger partial charge >= 0.3 is 0 Å². The van der Waals surface area contributed by atoms with Crippen LogP contribution in [0.25, 0.3) is 10.8 Å². The Morgan fingerprint density at radius 3 is 2.49 bits per heavy atom. The Balaban J connectivity index is 0.00000171. The van der Waals surface area contributed by atoms with Crippen LogP contribution in [0.2, 0.25) is 0 Å². The van der Waals surface area contributed by atoms with E-state index in [9.17, 15) is 13.2 Å². The monoisotopic (exact) mass is 536 g/mol. The molecule has 3 N–H and O–H groups in total. The number of amides is 1. The molecular formula is C25H30Cl2N4O3S. The molecule has 2 heterocycles. The summed E-state index contributed by atoms with van der Waals surface area (Å²) in [5.74, 6) is 0.395. The van der Waals surface area contributed by atoms with E-state index in [1.54, 1.807) is 24.5 Å². The molecule has 1 saturated carbocycles. The van der Waals surface area contributed by atoms with E-state index in [4.69, 9.17) is 0 Å². The van der Waals surface area contributed by atoms with E-state index in [0.717, 1.165) is 54.4 Å². The highest BCUT2D eigenvalue weighted by atomic mass is 35.5. The molecule has 5 rings (SSSR count). The van der Waals surface area contributed by atoms with Crippen LogP contribution in [-0.2, 0) is 14.8 Å². The van der Waals surface area contributed by atoms with Crippen LogP contribution < -0.4 is 15.4 Å². The zero-order chi connectivity index (χ0) is 22.8. The molecule has 0 radical (unpaired) electrons. The zero-order valence-electron chi connectivity index (χ0n) is 19.1. The molecule has 1 amide bonds. The first-order valence-electron chi connectivity index (χ1n) is 11.4. The van der Waals surface area contributed by atoms with Crippen molar-refractivity contribution in [1.29, 1.82) is 0 Å². The predicted molar refractivity (Wildman–Crippen MR) is 143 cm³/mol. The number of hydrogen-bond donors (Lipinski definition) is 3. The molecule has 188 valence electrons. The lowest BCUT2D eigenvalue weighted by Crippen LogP contribution is -2.35. The van der Waals surface area contributed by atoms with Gasteiger partial charge in [-0.2, -0.15) is 0 Å². The molecule has 2 aliphatic rings. The molecule has 0 unspecified atom stereocenters. The van der Waals surface area contributed by atoms with Crippen molar-refractivity contribution in [3.05, 3.63) is 66.5 Å². The quantitative estimate of drug-likeness (QED) is 0.422. The molecule has 2 atom stereocenters. The summed E-state index contributed by atoms with van der Waals surface area (Å²) in [6.45, 7) is 2.35. The fourth-order valence-electron chi connectivity index (χ4n) is 4.54. The molecule has 0 bridgehead atoms. The minimum absolute atomic E-state index is 0. The largest absolute Gasteiger partial charge is 0.326 e. The third-order valence-corrected chi connectivity index (χ3v) is 8.11. The molecule has 1 saturated heterocycles. The van der Waals surface area contributed by atoms with Gasteiger partial charge in [0, 0.05) is 35.9 Å². The highest BCUT2D eigenvalue weighted by molar-refractivity contribution is 7.89. The summed E-state index contributed by atoms with van der Waals surface area (Å²) in [6, 6.07) is 14.6. The number of halogens is 2. The van der Waals surface area contributed by atoms with Crippen LogP contribution in [0.4, 0.5) is 5.69 Å².